The first-order valence-electron chi connectivity index (χ1n) is 7.35. The highest BCUT2D eigenvalue weighted by Gasteiger charge is 2.24. The molecule has 1 fully saturated rings. The zero-order chi connectivity index (χ0) is 14.5. The lowest BCUT2D eigenvalue weighted by Crippen LogP contribution is -2.45. The Balaban J connectivity index is 1.93. The van der Waals surface area contributed by atoms with Crippen molar-refractivity contribution in [2.24, 2.45) is 5.92 Å². The second-order valence-electron chi connectivity index (χ2n) is 5.73. The van der Waals surface area contributed by atoms with E-state index >= 15 is 0 Å². The molecular weight excluding hydrogens is 252 g/mol. The van der Waals surface area contributed by atoms with E-state index in [1.165, 1.54) is 0 Å². The molecule has 0 spiro atoms. The Kier molecular flexibility index (Phi) is 5.01. The number of amides is 1. The number of anilines is 1. The third-order valence-corrected chi connectivity index (χ3v) is 3.96. The number of aliphatic hydroxyl groups is 1. The van der Waals surface area contributed by atoms with Gasteiger partial charge in [0.1, 0.15) is 6.04 Å². The van der Waals surface area contributed by atoms with Gasteiger partial charge in [0.05, 0.1) is 6.61 Å². The molecule has 1 aliphatic rings. The molecule has 0 aliphatic carbocycles. The summed E-state index contributed by atoms with van der Waals surface area (Å²) in [6.07, 6.45) is 2.19. The molecule has 1 aliphatic heterocycles. The second-order valence-corrected chi connectivity index (χ2v) is 5.73. The topological polar surface area (TPSA) is 52.6 Å². The maximum atomic E-state index is 12.4. The van der Waals surface area contributed by atoms with Crippen LogP contribution in [-0.4, -0.2) is 35.0 Å². The van der Waals surface area contributed by atoms with Crippen molar-refractivity contribution in [2.75, 3.05) is 18.4 Å². The van der Waals surface area contributed by atoms with Crippen LogP contribution in [0.15, 0.2) is 24.3 Å². The summed E-state index contributed by atoms with van der Waals surface area (Å²) in [5.41, 5.74) is 1.73. The van der Waals surface area contributed by atoms with Crippen molar-refractivity contribution in [1.82, 2.24) is 4.90 Å². The zero-order valence-corrected chi connectivity index (χ0v) is 12.3. The van der Waals surface area contributed by atoms with E-state index in [9.17, 15) is 4.79 Å². The van der Waals surface area contributed by atoms with Gasteiger partial charge < -0.3 is 15.3 Å². The number of hydrogen-bond donors (Lipinski definition) is 2. The smallest absolute Gasteiger partial charge is 0.244 e. The Morgan fingerprint density at radius 3 is 2.80 bits per heavy atom. The molecule has 4 heteroatoms. The predicted molar refractivity (Wildman–Crippen MR) is 80.4 cm³/mol. The maximum Gasteiger partial charge on any atom is 0.244 e. The number of nitrogens with zero attached hydrogens (tertiary/aromatic N) is 1. The number of nitrogens with one attached hydrogen (secondary N) is 1. The summed E-state index contributed by atoms with van der Waals surface area (Å²) in [6.45, 7) is 5.88. The molecule has 2 rings (SSSR count). The van der Waals surface area contributed by atoms with Crippen molar-refractivity contribution >= 4 is 11.6 Å². The zero-order valence-electron chi connectivity index (χ0n) is 12.3. The molecule has 4 nitrogen and oxygen atoms in total. The van der Waals surface area contributed by atoms with Gasteiger partial charge in [-0.1, -0.05) is 19.1 Å². The minimum Gasteiger partial charge on any atom is -0.392 e. The Labute approximate surface area is 120 Å². The van der Waals surface area contributed by atoms with Crippen molar-refractivity contribution < 1.29 is 9.90 Å². The Morgan fingerprint density at radius 1 is 1.45 bits per heavy atom. The lowest BCUT2D eigenvalue weighted by molar-refractivity contribution is -0.132. The van der Waals surface area contributed by atoms with Gasteiger partial charge in [0, 0.05) is 18.8 Å². The summed E-state index contributed by atoms with van der Waals surface area (Å²) >= 11 is 0. The normalized spacial score (nSPS) is 17.9. The lowest BCUT2D eigenvalue weighted by atomic mass is 9.99. The van der Waals surface area contributed by atoms with E-state index < -0.39 is 0 Å². The summed E-state index contributed by atoms with van der Waals surface area (Å²) in [4.78, 5) is 14.3. The summed E-state index contributed by atoms with van der Waals surface area (Å²) in [6, 6.07) is 7.30. The van der Waals surface area contributed by atoms with E-state index in [2.05, 4.69) is 12.2 Å². The number of carbonyl (C=O) groups is 1. The van der Waals surface area contributed by atoms with Crippen LogP contribution in [0.5, 0.6) is 0 Å². The largest absolute Gasteiger partial charge is 0.392 e. The first-order chi connectivity index (χ1) is 9.60. The predicted octanol–water partition coefficient (Wildman–Crippen LogP) is 2.24. The van der Waals surface area contributed by atoms with Crippen molar-refractivity contribution in [3.05, 3.63) is 29.8 Å². The number of likely N-dealkylation sites (tertiary alicyclic amines) is 1. The highest BCUT2D eigenvalue weighted by atomic mass is 16.3. The van der Waals surface area contributed by atoms with Gasteiger partial charge in [0.2, 0.25) is 5.91 Å². The van der Waals surface area contributed by atoms with E-state index in [1.54, 1.807) is 0 Å². The highest BCUT2D eigenvalue weighted by molar-refractivity contribution is 5.84. The average Bonchev–Trinajstić information content (AvgIpc) is 2.47. The Hall–Kier alpha value is -1.55. The molecule has 1 atom stereocenters. The Morgan fingerprint density at radius 2 is 2.15 bits per heavy atom. The fraction of sp³-hybridized carbons (Fsp3) is 0.562. The van der Waals surface area contributed by atoms with Crippen LogP contribution in [0.3, 0.4) is 0 Å². The van der Waals surface area contributed by atoms with Crippen LogP contribution in [0.1, 0.15) is 32.3 Å². The van der Waals surface area contributed by atoms with Crippen LogP contribution in [0.4, 0.5) is 5.69 Å². The monoisotopic (exact) mass is 276 g/mol. The molecule has 1 aromatic rings. The van der Waals surface area contributed by atoms with Crippen LogP contribution in [0.25, 0.3) is 0 Å². The number of carbonyl (C=O) groups excluding carboxylic acids is 1. The van der Waals surface area contributed by atoms with E-state index in [4.69, 9.17) is 5.11 Å². The number of piperidine rings is 1. The van der Waals surface area contributed by atoms with Crippen LogP contribution < -0.4 is 5.32 Å². The summed E-state index contributed by atoms with van der Waals surface area (Å²) in [5.74, 6) is 0.884. The van der Waals surface area contributed by atoms with E-state index in [0.29, 0.717) is 0 Å². The van der Waals surface area contributed by atoms with Crippen molar-refractivity contribution in [3.8, 4) is 0 Å². The molecule has 0 saturated carbocycles. The van der Waals surface area contributed by atoms with Crippen LogP contribution in [0.2, 0.25) is 0 Å². The van der Waals surface area contributed by atoms with Gasteiger partial charge in [-0.2, -0.15) is 0 Å². The molecule has 1 saturated heterocycles. The number of rotatable bonds is 4. The molecule has 0 radical (unpaired) electrons. The van der Waals surface area contributed by atoms with E-state index in [0.717, 1.165) is 43.1 Å². The third-order valence-electron chi connectivity index (χ3n) is 3.96. The maximum absolute atomic E-state index is 12.4. The summed E-state index contributed by atoms with van der Waals surface area (Å²) in [7, 11) is 0. The molecule has 0 unspecified atom stereocenters. The average molecular weight is 276 g/mol. The minimum absolute atomic E-state index is 0.0157. The number of aliphatic hydroxyl groups excluding tert-OH is 1. The quantitative estimate of drug-likeness (QED) is 0.886. The molecule has 20 heavy (non-hydrogen) atoms. The van der Waals surface area contributed by atoms with Gasteiger partial charge in [-0.3, -0.25) is 4.79 Å². The van der Waals surface area contributed by atoms with E-state index in [1.807, 2.05) is 36.1 Å². The first-order valence-corrected chi connectivity index (χ1v) is 7.35. The SMILES string of the molecule is CC1CCN(C(=O)[C@@H](C)Nc2cccc(CO)c2)CC1. The number of hydrogen-bond acceptors (Lipinski definition) is 3. The second kappa shape index (κ2) is 6.75. The molecule has 0 bridgehead atoms. The van der Waals surface area contributed by atoms with Gasteiger partial charge in [-0.15, -0.1) is 0 Å². The molecule has 2 N–H and O–H groups in total. The first kappa shape index (κ1) is 14.9. The van der Waals surface area contributed by atoms with Crippen LogP contribution >= 0.6 is 0 Å². The van der Waals surface area contributed by atoms with E-state index in [-0.39, 0.29) is 18.6 Å². The summed E-state index contributed by atoms with van der Waals surface area (Å²) < 4.78 is 0. The molecular formula is C16H24N2O2. The summed E-state index contributed by atoms with van der Waals surface area (Å²) in [5, 5.41) is 12.4. The molecule has 1 aromatic carbocycles. The molecule has 0 aromatic heterocycles. The fourth-order valence-electron chi connectivity index (χ4n) is 2.57. The fourth-order valence-corrected chi connectivity index (χ4v) is 2.57. The van der Waals surface area contributed by atoms with Gasteiger partial charge in [0.25, 0.3) is 0 Å². The standard InChI is InChI=1S/C16H24N2O2/c1-12-6-8-18(9-7-12)16(20)13(2)17-15-5-3-4-14(10-15)11-19/h3-5,10,12-13,17,19H,6-9,11H2,1-2H3/t13-/m1/s1. The molecule has 110 valence electrons. The van der Waals surface area contributed by atoms with Gasteiger partial charge in [0.15, 0.2) is 0 Å². The van der Waals surface area contributed by atoms with Gasteiger partial charge in [-0.05, 0) is 43.4 Å². The molecule has 1 amide bonds. The third kappa shape index (κ3) is 3.73. The van der Waals surface area contributed by atoms with Gasteiger partial charge in [-0.25, -0.2) is 0 Å². The highest BCUT2D eigenvalue weighted by Crippen LogP contribution is 2.18. The minimum atomic E-state index is -0.239. The van der Waals surface area contributed by atoms with Gasteiger partial charge >= 0.3 is 0 Å². The van der Waals surface area contributed by atoms with Crippen molar-refractivity contribution in [1.29, 1.82) is 0 Å². The van der Waals surface area contributed by atoms with Crippen molar-refractivity contribution in [2.45, 2.75) is 39.3 Å². The lowest BCUT2D eigenvalue weighted by Gasteiger charge is -2.32. The number of benzene rings is 1. The Bertz CT molecular complexity index is 454. The molecule has 1 heterocycles. The van der Waals surface area contributed by atoms with Crippen molar-refractivity contribution in [3.63, 3.8) is 0 Å². The van der Waals surface area contributed by atoms with Crippen LogP contribution in [-0.2, 0) is 11.4 Å². The van der Waals surface area contributed by atoms with Crippen LogP contribution in [0, 0.1) is 5.92 Å².